The van der Waals surface area contributed by atoms with Gasteiger partial charge in [0.2, 0.25) is 0 Å². The third-order valence-corrected chi connectivity index (χ3v) is 7.39. The van der Waals surface area contributed by atoms with Crippen LogP contribution in [0.15, 0.2) is 24.3 Å². The van der Waals surface area contributed by atoms with Gasteiger partial charge in [0.1, 0.15) is 11.7 Å². The van der Waals surface area contributed by atoms with Crippen LogP contribution >= 0.6 is 0 Å². The number of rotatable bonds is 2. The fraction of sp³-hybridized carbons (Fsp3) is 0.577. The standard InChI is InChI=1S/C26H30F3NO2/c1-24(2)12-17-20(18(31)13-24)19(14-7-5-8-14)21-22(32-25(3,4)23(21)30-17)15-9-6-10-16(11-15)26(27,28)29/h6,9-11,14,18,22,31H,5,7-8,12-13H2,1-4H3/t18-,22+/m0/s1. The molecule has 0 amide bonds. The number of halogens is 3. The quantitative estimate of drug-likeness (QED) is 0.557. The Balaban J connectivity index is 1.74. The average Bonchev–Trinajstić information content (AvgIpc) is 2.89. The maximum absolute atomic E-state index is 13.4. The van der Waals surface area contributed by atoms with Gasteiger partial charge in [-0.15, -0.1) is 0 Å². The molecule has 32 heavy (non-hydrogen) atoms. The number of fused-ring (bicyclic) bond motifs is 2. The zero-order valence-electron chi connectivity index (χ0n) is 19.0. The highest BCUT2D eigenvalue weighted by molar-refractivity contribution is 5.53. The minimum Gasteiger partial charge on any atom is -0.388 e. The Bertz CT molecular complexity index is 1070. The predicted molar refractivity (Wildman–Crippen MR) is 115 cm³/mol. The van der Waals surface area contributed by atoms with Crippen molar-refractivity contribution in [1.29, 1.82) is 0 Å². The zero-order valence-corrected chi connectivity index (χ0v) is 19.0. The van der Waals surface area contributed by atoms with Crippen molar-refractivity contribution in [2.45, 2.75) is 89.7 Å². The lowest BCUT2D eigenvalue weighted by Crippen LogP contribution is -2.31. The second kappa shape index (κ2) is 7.04. The number of benzene rings is 1. The van der Waals surface area contributed by atoms with E-state index in [0.717, 1.165) is 59.8 Å². The van der Waals surface area contributed by atoms with Gasteiger partial charge in [-0.3, -0.25) is 4.98 Å². The van der Waals surface area contributed by atoms with Crippen molar-refractivity contribution in [3.8, 4) is 0 Å². The highest BCUT2D eigenvalue weighted by Gasteiger charge is 2.47. The van der Waals surface area contributed by atoms with Crippen LogP contribution in [0.25, 0.3) is 0 Å². The Morgan fingerprint density at radius 2 is 1.78 bits per heavy atom. The SMILES string of the molecule is CC1(C)Cc2nc3c(c(C4CCC4)c2[C@@H](O)C1)[C@@H](c1cccc(C(F)(F)F)c1)OC3(C)C. The minimum atomic E-state index is -4.42. The van der Waals surface area contributed by atoms with Crippen LogP contribution in [-0.4, -0.2) is 10.1 Å². The number of aromatic nitrogens is 1. The largest absolute Gasteiger partial charge is 0.416 e. The van der Waals surface area contributed by atoms with Gasteiger partial charge in [0.25, 0.3) is 0 Å². The monoisotopic (exact) mass is 445 g/mol. The maximum atomic E-state index is 13.4. The second-order valence-corrected chi connectivity index (χ2v) is 11.0. The van der Waals surface area contributed by atoms with Gasteiger partial charge >= 0.3 is 6.18 Å². The van der Waals surface area contributed by atoms with Gasteiger partial charge in [-0.2, -0.15) is 13.2 Å². The molecule has 0 unspecified atom stereocenters. The Labute approximate surface area is 187 Å². The molecule has 5 rings (SSSR count). The van der Waals surface area contributed by atoms with Gasteiger partial charge < -0.3 is 9.84 Å². The van der Waals surface area contributed by atoms with E-state index < -0.39 is 29.5 Å². The van der Waals surface area contributed by atoms with E-state index in [-0.39, 0.29) is 5.41 Å². The van der Waals surface area contributed by atoms with E-state index in [1.54, 1.807) is 6.07 Å². The molecule has 1 aromatic heterocycles. The Kier molecular flexibility index (Phi) is 4.82. The summed E-state index contributed by atoms with van der Waals surface area (Å²) < 4.78 is 46.7. The molecular formula is C26H30F3NO2. The van der Waals surface area contributed by atoms with Gasteiger partial charge in [-0.1, -0.05) is 32.4 Å². The predicted octanol–water partition coefficient (Wildman–Crippen LogP) is 6.73. The number of alkyl halides is 3. The number of aliphatic hydroxyl groups excluding tert-OH is 1. The van der Waals surface area contributed by atoms with Gasteiger partial charge in [-0.05, 0) is 74.1 Å². The van der Waals surface area contributed by atoms with Crippen LogP contribution in [0.5, 0.6) is 0 Å². The van der Waals surface area contributed by atoms with Crippen LogP contribution in [0.3, 0.4) is 0 Å². The summed E-state index contributed by atoms with van der Waals surface area (Å²) in [5.74, 6) is 0.294. The number of hydrogen-bond donors (Lipinski definition) is 1. The lowest BCUT2D eigenvalue weighted by Gasteiger charge is -2.39. The molecule has 2 heterocycles. The molecule has 1 saturated carbocycles. The van der Waals surface area contributed by atoms with Gasteiger partial charge in [-0.25, -0.2) is 0 Å². The molecule has 2 aliphatic carbocycles. The van der Waals surface area contributed by atoms with Crippen LogP contribution in [0, 0.1) is 5.41 Å². The summed E-state index contributed by atoms with van der Waals surface area (Å²) in [6.07, 6.45) is -1.07. The van der Waals surface area contributed by atoms with E-state index in [9.17, 15) is 18.3 Å². The van der Waals surface area contributed by atoms with Gasteiger partial charge in [0, 0.05) is 16.8 Å². The van der Waals surface area contributed by atoms with Crippen molar-refractivity contribution in [2.75, 3.05) is 0 Å². The van der Waals surface area contributed by atoms with Crippen molar-refractivity contribution in [2.24, 2.45) is 5.41 Å². The van der Waals surface area contributed by atoms with E-state index in [1.165, 1.54) is 12.1 Å². The normalized spacial score (nSPS) is 26.4. The smallest absolute Gasteiger partial charge is 0.388 e. The Morgan fingerprint density at radius 3 is 2.41 bits per heavy atom. The molecule has 1 N–H and O–H groups in total. The average molecular weight is 446 g/mol. The molecule has 1 fully saturated rings. The van der Waals surface area contributed by atoms with E-state index in [2.05, 4.69) is 13.8 Å². The first-order valence-electron chi connectivity index (χ1n) is 11.5. The summed E-state index contributed by atoms with van der Waals surface area (Å²) >= 11 is 0. The molecular weight excluding hydrogens is 415 g/mol. The molecule has 6 heteroatoms. The third-order valence-electron chi connectivity index (χ3n) is 7.39. The van der Waals surface area contributed by atoms with E-state index in [1.807, 2.05) is 13.8 Å². The van der Waals surface area contributed by atoms with Crippen molar-refractivity contribution in [3.63, 3.8) is 0 Å². The molecule has 3 aliphatic rings. The first-order valence-corrected chi connectivity index (χ1v) is 11.5. The minimum absolute atomic E-state index is 0.0609. The third kappa shape index (κ3) is 3.47. The first kappa shape index (κ1) is 21.9. The van der Waals surface area contributed by atoms with Crippen LogP contribution in [0.4, 0.5) is 13.2 Å². The number of pyridine rings is 1. The fourth-order valence-corrected chi connectivity index (χ4v) is 5.72. The molecule has 2 aromatic rings. The zero-order chi connectivity index (χ0) is 23.1. The number of ether oxygens (including phenoxy) is 1. The molecule has 172 valence electrons. The lowest BCUT2D eigenvalue weighted by molar-refractivity contribution is -0.137. The molecule has 2 atom stereocenters. The summed E-state index contributed by atoms with van der Waals surface area (Å²) in [6.45, 7) is 8.16. The van der Waals surface area contributed by atoms with Crippen molar-refractivity contribution < 1.29 is 23.0 Å². The molecule has 0 radical (unpaired) electrons. The summed E-state index contributed by atoms with van der Waals surface area (Å²) in [4.78, 5) is 5.03. The number of nitrogens with zero attached hydrogens (tertiary/aromatic N) is 1. The molecule has 0 saturated heterocycles. The number of aliphatic hydroxyl groups is 1. The van der Waals surface area contributed by atoms with E-state index in [4.69, 9.17) is 9.72 Å². The van der Waals surface area contributed by atoms with Gasteiger partial charge in [0.05, 0.1) is 17.4 Å². The van der Waals surface area contributed by atoms with E-state index in [0.29, 0.717) is 17.9 Å². The highest BCUT2D eigenvalue weighted by Crippen LogP contribution is 2.55. The molecule has 0 spiro atoms. The van der Waals surface area contributed by atoms with Gasteiger partial charge in [0.15, 0.2) is 0 Å². The summed E-state index contributed by atoms with van der Waals surface area (Å²) in [5, 5.41) is 11.2. The highest BCUT2D eigenvalue weighted by atomic mass is 19.4. The number of hydrogen-bond acceptors (Lipinski definition) is 3. The van der Waals surface area contributed by atoms with Crippen LogP contribution in [0.2, 0.25) is 0 Å². The maximum Gasteiger partial charge on any atom is 0.416 e. The Morgan fingerprint density at radius 1 is 1.06 bits per heavy atom. The van der Waals surface area contributed by atoms with Crippen molar-refractivity contribution >= 4 is 0 Å². The second-order valence-electron chi connectivity index (χ2n) is 11.0. The molecule has 0 bridgehead atoms. The summed E-state index contributed by atoms with van der Waals surface area (Å²) in [7, 11) is 0. The fourth-order valence-electron chi connectivity index (χ4n) is 5.72. The molecule has 1 aliphatic heterocycles. The topological polar surface area (TPSA) is 42.4 Å². The Hall–Kier alpha value is -1.92. The molecule has 1 aromatic carbocycles. The van der Waals surface area contributed by atoms with Crippen LogP contribution in [-0.2, 0) is 22.9 Å². The van der Waals surface area contributed by atoms with Crippen LogP contribution < -0.4 is 0 Å². The summed E-state index contributed by atoms with van der Waals surface area (Å²) in [5.41, 5.74) is 3.64. The summed E-state index contributed by atoms with van der Waals surface area (Å²) in [6, 6.07) is 5.43. The van der Waals surface area contributed by atoms with Crippen LogP contribution in [0.1, 0.15) is 111 Å². The first-order chi connectivity index (χ1) is 14.9. The molecule has 3 nitrogen and oxygen atoms in total. The van der Waals surface area contributed by atoms with Crippen molar-refractivity contribution in [3.05, 3.63) is 63.5 Å². The van der Waals surface area contributed by atoms with E-state index >= 15 is 0 Å². The van der Waals surface area contributed by atoms with Crippen molar-refractivity contribution in [1.82, 2.24) is 4.98 Å². The lowest BCUT2D eigenvalue weighted by atomic mass is 9.68.